The van der Waals surface area contributed by atoms with Gasteiger partial charge in [-0.25, -0.2) is 53.4 Å². The van der Waals surface area contributed by atoms with Crippen molar-refractivity contribution >= 4 is 136 Å². The van der Waals surface area contributed by atoms with Gasteiger partial charge in [-0.1, -0.05) is 74.2 Å². The van der Waals surface area contributed by atoms with Gasteiger partial charge in [-0.05, 0) is 152 Å². The number of ether oxygens (including phenoxy) is 3. The number of methoxy groups -OCH3 is 3. The van der Waals surface area contributed by atoms with Gasteiger partial charge in [0, 0.05) is 152 Å². The fraction of sp³-hybridized carbons (Fsp3) is 0.284. The van der Waals surface area contributed by atoms with Crippen molar-refractivity contribution in [2.24, 2.45) is 0 Å². The number of piperazine rings is 3. The number of carbonyl (C=O) groups is 4. The molecule has 13 rings (SSSR count). The number of carboxylic acids is 1. The Bertz CT molecular complexity index is 5600. The summed E-state index contributed by atoms with van der Waals surface area (Å²) in [5.74, 6) is 0.754. The minimum atomic E-state index is -4.19. The smallest absolute Gasteiger partial charge is 0.870 e. The van der Waals surface area contributed by atoms with Crippen molar-refractivity contribution in [2.45, 2.75) is 68.6 Å². The van der Waals surface area contributed by atoms with Gasteiger partial charge >= 0.3 is 52.1 Å². The molecule has 0 amide bonds. The molecule has 125 heavy (non-hydrogen) atoms. The molecule has 7 aromatic carbocycles. The van der Waals surface area contributed by atoms with E-state index >= 15 is 0 Å². The summed E-state index contributed by atoms with van der Waals surface area (Å²) in [6.45, 7) is 12.1. The van der Waals surface area contributed by atoms with E-state index in [0.717, 1.165) is 66.3 Å². The van der Waals surface area contributed by atoms with Crippen molar-refractivity contribution in [3.63, 3.8) is 0 Å². The van der Waals surface area contributed by atoms with Crippen LogP contribution in [-0.4, -0.2) is 217 Å². The predicted octanol–water partition coefficient (Wildman–Crippen LogP) is 7.18. The number of hydrogen-bond donors (Lipinski definition) is 6. The third-order valence-electron chi connectivity index (χ3n) is 17.6. The number of aliphatic carboxylic acids is 1. The average molecular weight is 1850 g/mol. The molecule has 3 aromatic heterocycles. The molecule has 3 aliphatic heterocycles. The number of aryl methyl sites for hydroxylation is 3. The molecular weight excluding hydrogens is 1750 g/mol. The fourth-order valence-electron chi connectivity index (χ4n) is 11.6. The van der Waals surface area contributed by atoms with E-state index in [-0.39, 0.29) is 133 Å². The third-order valence-corrected chi connectivity index (χ3v) is 22.8. The summed E-state index contributed by atoms with van der Waals surface area (Å²) >= 11 is 0. The van der Waals surface area contributed by atoms with Gasteiger partial charge in [0.05, 0.1) is 61.7 Å². The molecule has 0 radical (unpaired) electrons. The molecule has 0 aliphatic carbocycles. The zero-order valence-electron chi connectivity index (χ0n) is 68.2. The van der Waals surface area contributed by atoms with Crippen LogP contribution >= 0.6 is 21.4 Å². The van der Waals surface area contributed by atoms with Crippen LogP contribution in [0.25, 0.3) is 0 Å². The molecule has 9 N–H and O–H groups in total. The van der Waals surface area contributed by atoms with E-state index in [9.17, 15) is 57.6 Å². The van der Waals surface area contributed by atoms with Crippen LogP contribution in [0, 0.1) is 38.2 Å². The van der Waals surface area contributed by atoms with E-state index in [1.54, 1.807) is 60.7 Å². The number of anilines is 9. The van der Waals surface area contributed by atoms with Crippen LogP contribution in [0.15, 0.2) is 209 Å². The molecule has 6 heterocycles. The Balaban J connectivity index is 0.000000337. The largest absolute Gasteiger partial charge is 1.00 e. The van der Waals surface area contributed by atoms with Gasteiger partial charge < -0.3 is 66.2 Å². The van der Waals surface area contributed by atoms with E-state index in [1.807, 2.05) is 67.0 Å². The number of aromatic nitrogens is 6. The number of carbonyl (C=O) groups excluding carboxylic acids is 3. The number of carboxylic acid groups (broad SMARTS) is 1. The van der Waals surface area contributed by atoms with E-state index in [4.69, 9.17) is 28.8 Å². The van der Waals surface area contributed by atoms with Gasteiger partial charge in [0.1, 0.15) is 34.9 Å². The zero-order chi connectivity index (χ0) is 88.0. The molecule has 0 bridgehead atoms. The van der Waals surface area contributed by atoms with Crippen LogP contribution in [0.1, 0.15) is 46.8 Å². The van der Waals surface area contributed by atoms with Crippen molar-refractivity contribution in [1.82, 2.24) is 43.8 Å². The molecular formula is C81H95Cl2F3LiN15O19S4. The molecule has 44 heteroatoms. The van der Waals surface area contributed by atoms with Gasteiger partial charge in [0.15, 0.2) is 0 Å². The molecule has 0 unspecified atom stereocenters. The zero-order valence-corrected chi connectivity index (χ0v) is 73.0. The average Bonchev–Trinajstić information content (AvgIpc) is 0.800. The Kier molecular flexibility index (Phi) is 43.2. The standard InChI is InChI=1S/C24H26FN5O4S.C23H24FN5O4S.C15H18FN5.C9H9ClO4S.C9H10O2.CH4.ClHO3S.Li.2H2O/c1-17-15-22(27-20-7-5-19(25)6-8-20)28-24(26-17)29-11-13-30(14-12-29)35(32,33)21-9-3-18(4-10-21)16-23(31)34-2;1-16-14-21(26-19-6-4-18(24)5-7-19)27-23(25-16)28-10-12-29(13-11-28)34(32,33)20-8-2-17(3-9-20)15-22(30)31;1-11-10-14(19-13-4-2-12(16)3-5-13)20-15(18-11)21-8-6-17-7-9-21;1-14-9(11)6-7-2-4-8(5-3-7)15(10,12)13;1-11-9(10)7-8-5-3-2-4-6-8;;1-5(2,3)4;;;/h3-10,15H,11-14,16H2,1-2H3,(H,26,27,28);2-9,14H,10-13,15H2,1H3,(H,30,31)(H,25,26,27);2-5,10,17H,6-9H2,1H3,(H,18,19,20);2-5H,6H2,1H3;2-6H,7H2,1H3;1H4;(H,2,3,4);;2*1H2/q;;;;;;;+1;;/p-1. The molecule has 0 saturated carbocycles. The summed E-state index contributed by atoms with van der Waals surface area (Å²) in [6.07, 6.45) is 0.397. The number of halogens is 5. The van der Waals surface area contributed by atoms with Crippen LogP contribution < -0.4 is 54.8 Å². The number of hydrogen-bond acceptors (Lipinski definition) is 29. The van der Waals surface area contributed by atoms with Crippen molar-refractivity contribution in [1.29, 1.82) is 0 Å². The molecule has 668 valence electrons. The second-order valence-corrected chi connectivity index (χ2v) is 35.0. The van der Waals surface area contributed by atoms with Gasteiger partial charge in [-0.15, -0.1) is 0 Å². The molecule has 10 aromatic rings. The second kappa shape index (κ2) is 50.8. The van der Waals surface area contributed by atoms with Gasteiger partial charge in [0.25, 0.3) is 9.05 Å². The van der Waals surface area contributed by atoms with Crippen LogP contribution in [-0.2, 0) is 97.5 Å². The summed E-state index contributed by atoms with van der Waals surface area (Å²) in [4.78, 5) is 77.4. The molecule has 3 aliphatic rings. The number of nitrogens with one attached hydrogen (secondary N) is 4. The number of sulfonamides is 2. The second-order valence-electron chi connectivity index (χ2n) is 26.6. The van der Waals surface area contributed by atoms with E-state index < -0.39 is 44.4 Å². The Hall–Kier alpha value is -11.0. The summed E-state index contributed by atoms with van der Waals surface area (Å²) < 4.78 is 155. The first-order valence-corrected chi connectivity index (χ1v) is 44.3. The number of rotatable bonds is 22. The molecule has 3 fully saturated rings. The van der Waals surface area contributed by atoms with Crippen molar-refractivity contribution in [2.75, 3.05) is 131 Å². The Labute approximate surface area is 744 Å². The van der Waals surface area contributed by atoms with Crippen molar-refractivity contribution < 1.29 is 120 Å². The minimum Gasteiger partial charge on any atom is -0.870 e. The third kappa shape index (κ3) is 35.9. The summed E-state index contributed by atoms with van der Waals surface area (Å²) in [5.41, 5.74) is 7.47. The Morgan fingerprint density at radius 3 is 0.952 bits per heavy atom. The van der Waals surface area contributed by atoms with Crippen LogP contribution in [0.2, 0.25) is 0 Å². The topological polar surface area (TPSA) is 476 Å². The Morgan fingerprint density at radius 1 is 0.416 bits per heavy atom. The maximum atomic E-state index is 13.2. The predicted molar refractivity (Wildman–Crippen MR) is 463 cm³/mol. The molecule has 0 spiro atoms. The monoisotopic (exact) mass is 1840 g/mol. The fourth-order valence-corrected chi connectivity index (χ4v) is 15.2. The van der Waals surface area contributed by atoms with Gasteiger partial charge in [-0.2, -0.15) is 32.0 Å². The number of benzene rings is 7. The van der Waals surface area contributed by atoms with Gasteiger partial charge in [-0.3, -0.25) is 23.7 Å². The maximum Gasteiger partial charge on any atom is 1.00 e. The Morgan fingerprint density at radius 2 is 0.680 bits per heavy atom. The quantitative estimate of drug-likeness (QED) is 0.0129. The van der Waals surface area contributed by atoms with Crippen LogP contribution in [0.5, 0.6) is 0 Å². The summed E-state index contributed by atoms with van der Waals surface area (Å²) in [5, 5.41) is 21.7. The normalized spacial score (nSPS) is 13.2. The maximum absolute atomic E-state index is 13.2. The first-order valence-electron chi connectivity index (χ1n) is 36.9. The van der Waals surface area contributed by atoms with E-state index in [2.05, 4.69) is 81.0 Å². The molecule has 0 atom stereocenters. The van der Waals surface area contributed by atoms with Crippen molar-refractivity contribution in [3.8, 4) is 0 Å². The number of nitrogens with zero attached hydrogens (tertiary/aromatic N) is 11. The van der Waals surface area contributed by atoms with Gasteiger partial charge in [0.2, 0.25) is 37.9 Å². The van der Waals surface area contributed by atoms with E-state index in [0.29, 0.717) is 84.2 Å². The minimum absolute atomic E-state index is 0. The van der Waals surface area contributed by atoms with Crippen LogP contribution in [0.4, 0.5) is 65.5 Å². The van der Waals surface area contributed by atoms with E-state index in [1.165, 1.54) is 127 Å². The van der Waals surface area contributed by atoms with Crippen molar-refractivity contribution in [3.05, 3.63) is 251 Å². The SMILES string of the molecule is C.COC(=O)Cc1ccc(S(=O)(=O)Cl)cc1.COC(=O)Cc1ccc(S(=O)(=O)N2CCN(c3nc(C)cc(Nc4ccc(F)cc4)n3)CC2)cc1.COC(=O)Cc1ccccc1.Cc1cc(Nc2ccc(F)cc2)nc(N2CCN(S(=O)(=O)c3ccc(CC(=O)O)cc3)CC2)n1.Cc1cc(Nc2ccc(F)cc2)nc(N2CCNCC2)n1.O.O=S(=O)(O)Cl.[Li+].[OH-]. The molecule has 3 saturated heterocycles. The number of esters is 3. The first kappa shape index (κ1) is 106. The van der Waals surface area contributed by atoms with Crippen LogP contribution in [0.3, 0.4) is 0 Å². The summed E-state index contributed by atoms with van der Waals surface area (Å²) in [6, 6.07) is 51.1. The molecule has 34 nitrogen and oxygen atoms in total. The first-order chi connectivity index (χ1) is 57.4. The summed E-state index contributed by atoms with van der Waals surface area (Å²) in [7, 11) is -2.08.